The molecule has 1 aromatic carbocycles. The molecule has 1 aliphatic heterocycles. The summed E-state index contributed by atoms with van der Waals surface area (Å²) in [6.07, 6.45) is 1.72. The first-order chi connectivity index (χ1) is 11.0. The summed E-state index contributed by atoms with van der Waals surface area (Å²) in [6.45, 7) is 9.00. The minimum Gasteiger partial charge on any atom is -0.496 e. The number of rotatable bonds is 6. The molecule has 1 aliphatic rings. The number of carbonyl (C=O) groups excluding carboxylic acids is 1. The van der Waals surface area contributed by atoms with Crippen LogP contribution in [0.15, 0.2) is 24.3 Å². The lowest BCUT2D eigenvalue weighted by atomic mass is 9.94. The Kier molecular flexibility index (Phi) is 8.57. The van der Waals surface area contributed by atoms with Gasteiger partial charge in [-0.25, -0.2) is 0 Å². The van der Waals surface area contributed by atoms with E-state index >= 15 is 0 Å². The normalized spacial score (nSPS) is 18.9. The predicted octanol–water partition coefficient (Wildman–Crippen LogP) is 3.66. The Balaban J connectivity index is 0.00000288. The number of benzene rings is 1. The molecule has 0 radical (unpaired) electrons. The molecule has 1 heterocycles. The lowest BCUT2D eigenvalue weighted by Crippen LogP contribution is -2.49. The van der Waals surface area contributed by atoms with E-state index in [-0.39, 0.29) is 24.4 Å². The third-order valence-corrected chi connectivity index (χ3v) is 4.46. The van der Waals surface area contributed by atoms with Crippen molar-refractivity contribution in [2.75, 3.05) is 26.7 Å². The van der Waals surface area contributed by atoms with Gasteiger partial charge in [0, 0.05) is 31.6 Å². The smallest absolute Gasteiger partial charge is 0.223 e. The first-order valence-corrected chi connectivity index (χ1v) is 8.66. The van der Waals surface area contributed by atoms with Gasteiger partial charge in [-0.15, -0.1) is 12.4 Å². The Bertz CT molecular complexity index is 522. The number of para-hydroxylation sites is 1. The number of nitrogens with one attached hydrogen (secondary N) is 1. The average Bonchev–Trinajstić information content (AvgIpc) is 2.54. The second kappa shape index (κ2) is 9.90. The third-order valence-electron chi connectivity index (χ3n) is 4.46. The zero-order valence-electron chi connectivity index (χ0n) is 15.2. The molecular weight excluding hydrogens is 324 g/mol. The Morgan fingerprint density at radius 2 is 2.04 bits per heavy atom. The largest absolute Gasteiger partial charge is 0.496 e. The maximum atomic E-state index is 12.8. The average molecular weight is 355 g/mol. The van der Waals surface area contributed by atoms with Crippen LogP contribution in [0.4, 0.5) is 0 Å². The molecule has 4 nitrogen and oxygen atoms in total. The molecule has 2 unspecified atom stereocenters. The van der Waals surface area contributed by atoms with Crippen LogP contribution in [0.2, 0.25) is 0 Å². The molecule has 5 heteroatoms. The monoisotopic (exact) mass is 354 g/mol. The highest BCUT2D eigenvalue weighted by atomic mass is 35.5. The van der Waals surface area contributed by atoms with E-state index in [1.54, 1.807) is 7.11 Å². The van der Waals surface area contributed by atoms with Crippen molar-refractivity contribution in [2.24, 2.45) is 11.8 Å². The maximum Gasteiger partial charge on any atom is 0.223 e. The van der Waals surface area contributed by atoms with Crippen LogP contribution in [0.1, 0.15) is 45.2 Å². The summed E-state index contributed by atoms with van der Waals surface area (Å²) < 4.78 is 5.49. The standard InChI is InChI=1S/C19H30N2O2.ClH/c1-14(2)11-15(3)12-19(22)21-10-9-20-13-17(21)16-7-5-6-8-18(16)23-4;/h5-8,14-15,17,20H,9-13H2,1-4H3;1H. The van der Waals surface area contributed by atoms with Crippen LogP contribution < -0.4 is 10.1 Å². The van der Waals surface area contributed by atoms with Gasteiger partial charge in [0.25, 0.3) is 0 Å². The number of nitrogens with zero attached hydrogens (tertiary/aromatic N) is 1. The van der Waals surface area contributed by atoms with Gasteiger partial charge < -0.3 is 15.0 Å². The van der Waals surface area contributed by atoms with Gasteiger partial charge in [-0.2, -0.15) is 0 Å². The van der Waals surface area contributed by atoms with E-state index in [1.807, 2.05) is 23.1 Å². The zero-order chi connectivity index (χ0) is 16.8. The van der Waals surface area contributed by atoms with Crippen LogP contribution in [-0.2, 0) is 4.79 Å². The van der Waals surface area contributed by atoms with Crippen molar-refractivity contribution < 1.29 is 9.53 Å². The van der Waals surface area contributed by atoms with Crippen molar-refractivity contribution >= 4 is 18.3 Å². The fourth-order valence-electron chi connectivity index (χ4n) is 3.53. The molecule has 136 valence electrons. The number of amides is 1. The number of hydrogen-bond donors (Lipinski definition) is 1. The Hall–Kier alpha value is -1.26. The quantitative estimate of drug-likeness (QED) is 0.847. The van der Waals surface area contributed by atoms with E-state index < -0.39 is 0 Å². The molecule has 2 atom stereocenters. The molecule has 1 aromatic rings. The van der Waals surface area contributed by atoms with E-state index in [2.05, 4.69) is 32.2 Å². The Morgan fingerprint density at radius 1 is 1.33 bits per heavy atom. The fourth-order valence-corrected chi connectivity index (χ4v) is 3.53. The topological polar surface area (TPSA) is 41.6 Å². The van der Waals surface area contributed by atoms with Gasteiger partial charge in [0.2, 0.25) is 5.91 Å². The molecule has 0 aromatic heterocycles. The van der Waals surface area contributed by atoms with Crippen molar-refractivity contribution in [1.82, 2.24) is 10.2 Å². The van der Waals surface area contributed by atoms with Crippen molar-refractivity contribution in [3.8, 4) is 5.75 Å². The molecule has 0 spiro atoms. The van der Waals surface area contributed by atoms with Crippen LogP contribution in [0, 0.1) is 11.8 Å². The zero-order valence-corrected chi connectivity index (χ0v) is 16.1. The molecule has 1 N–H and O–H groups in total. The molecule has 1 saturated heterocycles. The predicted molar refractivity (Wildman–Crippen MR) is 101 cm³/mol. The van der Waals surface area contributed by atoms with Gasteiger partial charge in [-0.1, -0.05) is 39.0 Å². The molecule has 24 heavy (non-hydrogen) atoms. The number of halogens is 1. The Morgan fingerprint density at radius 3 is 2.71 bits per heavy atom. The maximum absolute atomic E-state index is 12.8. The minimum absolute atomic E-state index is 0. The number of carbonyl (C=O) groups is 1. The lowest BCUT2D eigenvalue weighted by Gasteiger charge is -2.37. The van der Waals surface area contributed by atoms with Crippen LogP contribution in [0.5, 0.6) is 5.75 Å². The summed E-state index contributed by atoms with van der Waals surface area (Å²) >= 11 is 0. The van der Waals surface area contributed by atoms with Gasteiger partial charge in [0.1, 0.15) is 5.75 Å². The number of methoxy groups -OCH3 is 1. The van der Waals surface area contributed by atoms with Crippen molar-refractivity contribution in [2.45, 2.75) is 39.7 Å². The van der Waals surface area contributed by atoms with Gasteiger partial charge in [-0.05, 0) is 24.3 Å². The number of piperazine rings is 1. The van der Waals surface area contributed by atoms with Crippen molar-refractivity contribution in [3.63, 3.8) is 0 Å². The van der Waals surface area contributed by atoms with Gasteiger partial charge in [0.15, 0.2) is 0 Å². The second-order valence-corrected chi connectivity index (χ2v) is 6.99. The van der Waals surface area contributed by atoms with Gasteiger partial charge in [-0.3, -0.25) is 4.79 Å². The Labute approximate surface area is 152 Å². The molecule has 1 amide bonds. The first kappa shape index (κ1) is 20.8. The van der Waals surface area contributed by atoms with Crippen molar-refractivity contribution in [1.29, 1.82) is 0 Å². The van der Waals surface area contributed by atoms with Crippen LogP contribution in [-0.4, -0.2) is 37.6 Å². The third kappa shape index (κ3) is 5.38. The van der Waals surface area contributed by atoms with E-state index in [0.29, 0.717) is 18.3 Å². The minimum atomic E-state index is 0. The first-order valence-electron chi connectivity index (χ1n) is 8.66. The molecular formula is C19H31ClN2O2. The molecule has 1 fully saturated rings. The highest BCUT2D eigenvalue weighted by molar-refractivity contribution is 5.85. The SMILES string of the molecule is COc1ccccc1C1CNCCN1C(=O)CC(C)CC(C)C.Cl. The van der Waals surface area contributed by atoms with Crippen LogP contribution in [0.3, 0.4) is 0 Å². The van der Waals surface area contributed by atoms with Gasteiger partial charge in [0.05, 0.1) is 13.2 Å². The summed E-state index contributed by atoms with van der Waals surface area (Å²) in [6, 6.07) is 8.06. The van der Waals surface area contributed by atoms with Crippen LogP contribution in [0.25, 0.3) is 0 Å². The van der Waals surface area contributed by atoms with Crippen molar-refractivity contribution in [3.05, 3.63) is 29.8 Å². The highest BCUT2D eigenvalue weighted by Gasteiger charge is 2.30. The molecule has 0 aliphatic carbocycles. The molecule has 0 saturated carbocycles. The summed E-state index contributed by atoms with van der Waals surface area (Å²) in [4.78, 5) is 14.9. The van der Waals surface area contributed by atoms with E-state index in [1.165, 1.54) is 0 Å². The number of hydrogen-bond acceptors (Lipinski definition) is 3. The van der Waals surface area contributed by atoms with E-state index in [4.69, 9.17) is 4.74 Å². The van der Waals surface area contributed by atoms with Gasteiger partial charge >= 0.3 is 0 Å². The fraction of sp³-hybridized carbons (Fsp3) is 0.632. The summed E-state index contributed by atoms with van der Waals surface area (Å²) in [7, 11) is 1.69. The van der Waals surface area contributed by atoms with Crippen LogP contribution >= 0.6 is 12.4 Å². The summed E-state index contributed by atoms with van der Waals surface area (Å²) in [5, 5.41) is 3.41. The highest BCUT2D eigenvalue weighted by Crippen LogP contribution is 2.31. The lowest BCUT2D eigenvalue weighted by molar-refractivity contribution is -0.135. The summed E-state index contributed by atoms with van der Waals surface area (Å²) in [5.41, 5.74) is 1.09. The molecule has 0 bridgehead atoms. The van der Waals surface area contributed by atoms with E-state index in [0.717, 1.165) is 37.4 Å². The molecule has 2 rings (SSSR count). The second-order valence-electron chi connectivity index (χ2n) is 6.99. The number of ether oxygens (including phenoxy) is 1. The summed E-state index contributed by atoms with van der Waals surface area (Å²) in [5.74, 6) is 2.17. The van der Waals surface area contributed by atoms with E-state index in [9.17, 15) is 4.79 Å².